The Morgan fingerprint density at radius 2 is 2.42 bits per heavy atom. The van der Waals surface area contributed by atoms with Gasteiger partial charge in [-0.25, -0.2) is 4.98 Å². The highest BCUT2D eigenvalue weighted by Crippen LogP contribution is 2.44. The van der Waals surface area contributed by atoms with E-state index in [1.165, 1.54) is 4.88 Å². The summed E-state index contributed by atoms with van der Waals surface area (Å²) < 4.78 is 2.05. The first-order valence-electron chi connectivity index (χ1n) is 6.59. The van der Waals surface area contributed by atoms with E-state index in [1.54, 1.807) is 11.3 Å². The van der Waals surface area contributed by atoms with Crippen molar-refractivity contribution in [1.82, 2.24) is 14.9 Å². The zero-order valence-corrected chi connectivity index (χ0v) is 11.9. The summed E-state index contributed by atoms with van der Waals surface area (Å²) in [4.78, 5) is 5.73. The van der Waals surface area contributed by atoms with Crippen molar-refractivity contribution in [3.8, 4) is 0 Å². The van der Waals surface area contributed by atoms with E-state index < -0.39 is 0 Å². The summed E-state index contributed by atoms with van der Waals surface area (Å²) in [7, 11) is 2.02. The second kappa shape index (κ2) is 5.07. The standard InChI is InChI=1S/C14H19N3OS/c1-17-7-6-15-13(17)12(11-3-2-8-19-11)16-9-14(10-18)4-5-14/h2-3,6-8,12,16,18H,4-5,9-10H2,1H3. The molecule has 2 aromatic rings. The van der Waals surface area contributed by atoms with Gasteiger partial charge in [0.25, 0.3) is 0 Å². The number of hydrogen-bond acceptors (Lipinski definition) is 4. The number of hydrogen-bond donors (Lipinski definition) is 2. The zero-order valence-electron chi connectivity index (χ0n) is 11.0. The van der Waals surface area contributed by atoms with Crippen molar-refractivity contribution < 1.29 is 5.11 Å². The number of nitrogens with one attached hydrogen (secondary N) is 1. The van der Waals surface area contributed by atoms with Crippen molar-refractivity contribution >= 4 is 11.3 Å². The van der Waals surface area contributed by atoms with E-state index in [1.807, 2.05) is 19.4 Å². The van der Waals surface area contributed by atoms with Crippen LogP contribution in [0.15, 0.2) is 29.9 Å². The minimum Gasteiger partial charge on any atom is -0.396 e. The number of imidazole rings is 1. The van der Waals surface area contributed by atoms with Crippen LogP contribution in [0.2, 0.25) is 0 Å². The Balaban J connectivity index is 1.79. The van der Waals surface area contributed by atoms with Crippen molar-refractivity contribution in [2.24, 2.45) is 12.5 Å². The van der Waals surface area contributed by atoms with E-state index >= 15 is 0 Å². The third-order valence-corrected chi connectivity index (χ3v) is 4.86. The van der Waals surface area contributed by atoms with Gasteiger partial charge in [-0.3, -0.25) is 0 Å². The summed E-state index contributed by atoms with van der Waals surface area (Å²) >= 11 is 1.74. The molecule has 1 aliphatic carbocycles. The maximum Gasteiger partial charge on any atom is 0.131 e. The molecule has 2 N–H and O–H groups in total. The van der Waals surface area contributed by atoms with Crippen LogP contribution < -0.4 is 5.32 Å². The predicted molar refractivity (Wildman–Crippen MR) is 76.1 cm³/mol. The first kappa shape index (κ1) is 12.8. The molecule has 4 nitrogen and oxygen atoms in total. The van der Waals surface area contributed by atoms with Gasteiger partial charge in [-0.15, -0.1) is 11.3 Å². The third-order valence-electron chi connectivity index (χ3n) is 3.92. The molecule has 1 atom stereocenters. The largest absolute Gasteiger partial charge is 0.396 e. The van der Waals surface area contributed by atoms with Crippen molar-refractivity contribution in [1.29, 1.82) is 0 Å². The summed E-state index contributed by atoms with van der Waals surface area (Å²) in [5.41, 5.74) is 0.112. The Labute approximate surface area is 117 Å². The van der Waals surface area contributed by atoms with Gasteiger partial charge in [0.2, 0.25) is 0 Å². The average molecular weight is 277 g/mol. The molecule has 1 saturated carbocycles. The van der Waals surface area contributed by atoms with Gasteiger partial charge in [0.05, 0.1) is 0 Å². The fraction of sp³-hybridized carbons (Fsp3) is 0.500. The zero-order chi connectivity index (χ0) is 13.3. The van der Waals surface area contributed by atoms with Gasteiger partial charge in [-0.05, 0) is 24.3 Å². The van der Waals surface area contributed by atoms with Crippen molar-refractivity contribution in [3.63, 3.8) is 0 Å². The quantitative estimate of drug-likeness (QED) is 0.848. The summed E-state index contributed by atoms with van der Waals surface area (Å²) in [6.45, 7) is 1.12. The van der Waals surface area contributed by atoms with E-state index in [2.05, 4.69) is 32.4 Å². The number of aliphatic hydroxyl groups excluding tert-OH is 1. The molecule has 3 rings (SSSR count). The second-order valence-electron chi connectivity index (χ2n) is 5.38. The third kappa shape index (κ3) is 2.59. The highest BCUT2D eigenvalue weighted by atomic mass is 32.1. The molecule has 102 valence electrons. The summed E-state index contributed by atoms with van der Waals surface area (Å²) in [6, 6.07) is 4.32. The average Bonchev–Trinajstić information content (AvgIpc) is 2.81. The number of thiophene rings is 1. The van der Waals surface area contributed by atoms with Crippen molar-refractivity contribution in [2.75, 3.05) is 13.2 Å². The van der Waals surface area contributed by atoms with Gasteiger partial charge in [-0.1, -0.05) is 6.07 Å². The molecule has 1 aliphatic rings. The Morgan fingerprint density at radius 3 is 2.95 bits per heavy atom. The van der Waals surface area contributed by atoms with Crippen LogP contribution in [0, 0.1) is 5.41 Å². The smallest absolute Gasteiger partial charge is 0.131 e. The van der Waals surface area contributed by atoms with Gasteiger partial charge in [0, 0.05) is 42.9 Å². The lowest BCUT2D eigenvalue weighted by molar-refractivity contribution is 0.205. The van der Waals surface area contributed by atoms with E-state index in [0.29, 0.717) is 0 Å². The summed E-state index contributed by atoms with van der Waals surface area (Å²) in [6.07, 6.45) is 6.04. The molecule has 0 bridgehead atoms. The van der Waals surface area contributed by atoms with Gasteiger partial charge in [-0.2, -0.15) is 0 Å². The molecule has 0 amide bonds. The molecular weight excluding hydrogens is 258 g/mol. The SMILES string of the molecule is Cn1ccnc1C(NCC1(CO)CC1)c1cccs1. The van der Waals surface area contributed by atoms with Crippen molar-refractivity contribution in [3.05, 3.63) is 40.6 Å². The summed E-state index contributed by atoms with van der Waals surface area (Å²) in [5.74, 6) is 1.02. The normalized spacial score (nSPS) is 18.4. The van der Waals surface area contributed by atoms with E-state index in [0.717, 1.165) is 25.2 Å². The van der Waals surface area contributed by atoms with Gasteiger partial charge in [0.15, 0.2) is 0 Å². The van der Waals surface area contributed by atoms with E-state index in [4.69, 9.17) is 0 Å². The minimum atomic E-state index is 0.112. The highest BCUT2D eigenvalue weighted by Gasteiger charge is 2.42. The Hall–Kier alpha value is -1.17. The first-order chi connectivity index (χ1) is 9.24. The lowest BCUT2D eigenvalue weighted by Gasteiger charge is -2.20. The van der Waals surface area contributed by atoms with Crippen LogP contribution in [0.1, 0.15) is 29.6 Å². The molecule has 0 aliphatic heterocycles. The topological polar surface area (TPSA) is 50.1 Å². The first-order valence-corrected chi connectivity index (χ1v) is 7.47. The minimum absolute atomic E-state index is 0.112. The molecule has 2 aromatic heterocycles. The van der Waals surface area contributed by atoms with Crippen LogP contribution in [-0.2, 0) is 7.05 Å². The Morgan fingerprint density at radius 1 is 1.58 bits per heavy atom. The molecule has 2 heterocycles. The van der Waals surface area contributed by atoms with Gasteiger partial charge < -0.3 is 15.0 Å². The molecule has 5 heteroatoms. The van der Waals surface area contributed by atoms with Crippen molar-refractivity contribution in [2.45, 2.75) is 18.9 Å². The molecule has 0 radical (unpaired) electrons. The number of aliphatic hydroxyl groups is 1. The molecule has 1 unspecified atom stereocenters. The maximum atomic E-state index is 9.43. The van der Waals surface area contributed by atoms with Crippen LogP contribution in [0.4, 0.5) is 0 Å². The number of aromatic nitrogens is 2. The Bertz CT molecular complexity index is 531. The van der Waals surface area contributed by atoms with Gasteiger partial charge in [0.1, 0.15) is 11.9 Å². The highest BCUT2D eigenvalue weighted by molar-refractivity contribution is 7.10. The van der Waals surface area contributed by atoms with Gasteiger partial charge >= 0.3 is 0 Å². The van der Waals surface area contributed by atoms with E-state index in [9.17, 15) is 5.11 Å². The fourth-order valence-electron chi connectivity index (χ4n) is 2.32. The lowest BCUT2D eigenvalue weighted by Crippen LogP contribution is -2.31. The Kier molecular flexibility index (Phi) is 3.43. The molecule has 0 saturated heterocycles. The lowest BCUT2D eigenvalue weighted by atomic mass is 10.1. The second-order valence-corrected chi connectivity index (χ2v) is 6.36. The van der Waals surface area contributed by atoms with Crippen LogP contribution in [0.25, 0.3) is 0 Å². The predicted octanol–water partition coefficient (Wildman–Crippen LogP) is 1.93. The molecule has 0 aromatic carbocycles. The number of rotatable bonds is 6. The number of aryl methyl sites for hydroxylation is 1. The number of nitrogens with zero attached hydrogens (tertiary/aromatic N) is 2. The molecule has 0 spiro atoms. The summed E-state index contributed by atoms with van der Waals surface area (Å²) in [5, 5.41) is 15.1. The molecule has 1 fully saturated rings. The molecular formula is C14H19N3OS. The van der Waals surface area contributed by atoms with E-state index in [-0.39, 0.29) is 18.1 Å². The monoisotopic (exact) mass is 277 g/mol. The maximum absolute atomic E-state index is 9.43. The fourth-order valence-corrected chi connectivity index (χ4v) is 3.11. The molecule has 19 heavy (non-hydrogen) atoms. The van der Waals surface area contributed by atoms with Crippen LogP contribution in [-0.4, -0.2) is 27.8 Å². The van der Waals surface area contributed by atoms with Crippen LogP contribution >= 0.6 is 11.3 Å². The van der Waals surface area contributed by atoms with Crippen LogP contribution in [0.5, 0.6) is 0 Å². The van der Waals surface area contributed by atoms with Crippen LogP contribution in [0.3, 0.4) is 0 Å².